The van der Waals surface area contributed by atoms with E-state index in [1.54, 1.807) is 11.3 Å². The molecule has 4 heteroatoms. The molecule has 2 nitrogen and oxygen atoms in total. The van der Waals surface area contributed by atoms with Crippen LogP contribution in [0.25, 0.3) is 10.1 Å². The molecule has 1 aromatic carbocycles. The molecule has 0 aliphatic heterocycles. The number of hydrogen-bond donors (Lipinski definition) is 1. The van der Waals surface area contributed by atoms with Crippen LogP contribution in [-0.2, 0) is 0 Å². The van der Waals surface area contributed by atoms with Crippen molar-refractivity contribution in [1.82, 2.24) is 0 Å². The Labute approximate surface area is 100 Å². The third-order valence-corrected chi connectivity index (χ3v) is 4.40. The second-order valence-corrected chi connectivity index (χ2v) is 4.99. The fraction of sp³-hybridized carbons (Fsp3) is 0.200. The van der Waals surface area contributed by atoms with Gasteiger partial charge in [0.05, 0.1) is 10.2 Å². The highest BCUT2D eigenvalue weighted by Gasteiger charge is 2.10. The van der Waals surface area contributed by atoms with Crippen LogP contribution in [0.2, 0.25) is 0 Å². The average molecular weight is 319 g/mol. The maximum atomic E-state index is 5.72. The standard InChI is InChI=1S/C10H10INOS/c1-2-13-10-9(11)7-4-3-6(12)5-8(7)14-10/h3-5H,2,12H2,1H3. The maximum Gasteiger partial charge on any atom is 0.188 e. The third-order valence-electron chi connectivity index (χ3n) is 1.90. The number of nitrogens with two attached hydrogens (primary N) is 1. The van der Waals surface area contributed by atoms with Crippen molar-refractivity contribution in [3.63, 3.8) is 0 Å². The molecule has 2 aromatic rings. The van der Waals surface area contributed by atoms with Crippen LogP contribution in [0.1, 0.15) is 6.92 Å². The summed E-state index contributed by atoms with van der Waals surface area (Å²) in [5.41, 5.74) is 6.52. The molecule has 0 radical (unpaired) electrons. The van der Waals surface area contributed by atoms with E-state index in [1.807, 2.05) is 25.1 Å². The minimum Gasteiger partial charge on any atom is -0.483 e. The van der Waals surface area contributed by atoms with Gasteiger partial charge in [-0.05, 0) is 41.6 Å². The van der Waals surface area contributed by atoms with Crippen LogP contribution in [0.3, 0.4) is 0 Å². The van der Waals surface area contributed by atoms with Crippen LogP contribution < -0.4 is 10.5 Å². The molecule has 0 saturated heterocycles. The van der Waals surface area contributed by atoms with Crippen LogP contribution in [-0.4, -0.2) is 6.61 Å². The second kappa shape index (κ2) is 3.94. The summed E-state index contributed by atoms with van der Waals surface area (Å²) in [5, 5.41) is 2.22. The Balaban J connectivity index is 2.61. The van der Waals surface area contributed by atoms with E-state index < -0.39 is 0 Å². The summed E-state index contributed by atoms with van der Waals surface area (Å²) in [6.07, 6.45) is 0. The summed E-state index contributed by atoms with van der Waals surface area (Å²) in [6, 6.07) is 5.96. The highest BCUT2D eigenvalue weighted by atomic mass is 127. The molecule has 0 saturated carbocycles. The molecule has 74 valence electrons. The zero-order valence-electron chi connectivity index (χ0n) is 7.71. The van der Waals surface area contributed by atoms with Gasteiger partial charge in [0.1, 0.15) is 0 Å². The Hall–Kier alpha value is -0.490. The first-order valence-electron chi connectivity index (χ1n) is 4.32. The summed E-state index contributed by atoms with van der Waals surface area (Å²) in [6.45, 7) is 2.70. The van der Waals surface area contributed by atoms with Crippen LogP contribution >= 0.6 is 33.9 Å². The van der Waals surface area contributed by atoms with E-state index in [9.17, 15) is 0 Å². The lowest BCUT2D eigenvalue weighted by Crippen LogP contribution is -1.89. The first kappa shape index (κ1) is 10.0. The lowest BCUT2D eigenvalue weighted by molar-refractivity contribution is 0.348. The first-order chi connectivity index (χ1) is 6.72. The number of benzene rings is 1. The number of anilines is 1. The number of rotatable bonds is 2. The highest BCUT2D eigenvalue weighted by Crippen LogP contribution is 2.39. The molecule has 2 N–H and O–H groups in total. The van der Waals surface area contributed by atoms with Gasteiger partial charge in [-0.1, -0.05) is 17.4 Å². The van der Waals surface area contributed by atoms with E-state index in [2.05, 4.69) is 22.6 Å². The molecule has 1 aromatic heterocycles. The number of nitrogen functional groups attached to an aromatic ring is 1. The van der Waals surface area contributed by atoms with E-state index >= 15 is 0 Å². The molecule has 0 fully saturated rings. The summed E-state index contributed by atoms with van der Waals surface area (Å²) in [5.74, 6) is 0. The molecular weight excluding hydrogens is 309 g/mol. The molecule has 0 amide bonds. The maximum absolute atomic E-state index is 5.72. The Morgan fingerprint density at radius 2 is 2.29 bits per heavy atom. The topological polar surface area (TPSA) is 35.2 Å². The largest absolute Gasteiger partial charge is 0.483 e. The number of fused-ring (bicyclic) bond motifs is 1. The fourth-order valence-electron chi connectivity index (χ4n) is 1.28. The quantitative estimate of drug-likeness (QED) is 0.679. The van der Waals surface area contributed by atoms with Crippen LogP contribution in [0.5, 0.6) is 5.06 Å². The molecule has 1 heterocycles. The van der Waals surface area contributed by atoms with Crippen molar-refractivity contribution in [3.8, 4) is 5.06 Å². The van der Waals surface area contributed by atoms with Crippen LogP contribution in [0.4, 0.5) is 5.69 Å². The Bertz CT molecular complexity index is 466. The van der Waals surface area contributed by atoms with Crippen molar-refractivity contribution >= 4 is 49.7 Å². The lowest BCUT2D eigenvalue weighted by Gasteiger charge is -1.97. The third kappa shape index (κ3) is 1.68. The number of hydrogen-bond acceptors (Lipinski definition) is 3. The predicted molar refractivity (Wildman–Crippen MR) is 70.1 cm³/mol. The normalized spacial score (nSPS) is 10.7. The van der Waals surface area contributed by atoms with Gasteiger partial charge < -0.3 is 10.5 Å². The second-order valence-electron chi connectivity index (χ2n) is 2.89. The van der Waals surface area contributed by atoms with Crippen molar-refractivity contribution in [2.24, 2.45) is 0 Å². The monoisotopic (exact) mass is 319 g/mol. The zero-order chi connectivity index (χ0) is 10.1. The highest BCUT2D eigenvalue weighted by molar-refractivity contribution is 14.1. The van der Waals surface area contributed by atoms with Crippen LogP contribution in [0, 0.1) is 3.57 Å². The smallest absolute Gasteiger partial charge is 0.188 e. The van der Waals surface area contributed by atoms with Gasteiger partial charge in [0.15, 0.2) is 5.06 Å². The van der Waals surface area contributed by atoms with E-state index in [0.29, 0.717) is 6.61 Å². The fourth-order valence-corrected chi connectivity index (χ4v) is 3.47. The minimum atomic E-state index is 0.707. The van der Waals surface area contributed by atoms with Gasteiger partial charge in [-0.25, -0.2) is 0 Å². The molecule has 14 heavy (non-hydrogen) atoms. The summed E-state index contributed by atoms with van der Waals surface area (Å²) >= 11 is 3.97. The SMILES string of the molecule is CCOc1sc2cc(N)ccc2c1I. The van der Waals surface area contributed by atoms with Gasteiger partial charge in [-0.2, -0.15) is 0 Å². The van der Waals surface area contributed by atoms with Crippen molar-refractivity contribution in [3.05, 3.63) is 21.8 Å². The van der Waals surface area contributed by atoms with Gasteiger partial charge in [-0.15, -0.1) is 0 Å². The van der Waals surface area contributed by atoms with Crippen molar-refractivity contribution in [2.75, 3.05) is 12.3 Å². The van der Waals surface area contributed by atoms with Gasteiger partial charge in [0.25, 0.3) is 0 Å². The molecule has 0 unspecified atom stereocenters. The molecule has 0 bridgehead atoms. The number of ether oxygens (including phenoxy) is 1. The molecule has 0 aliphatic rings. The minimum absolute atomic E-state index is 0.707. The van der Waals surface area contributed by atoms with Crippen molar-refractivity contribution in [1.29, 1.82) is 0 Å². The van der Waals surface area contributed by atoms with Gasteiger partial charge in [0, 0.05) is 15.8 Å². The van der Waals surface area contributed by atoms with Gasteiger partial charge in [0.2, 0.25) is 0 Å². The number of thiophene rings is 1. The Morgan fingerprint density at radius 3 is 3.00 bits per heavy atom. The van der Waals surface area contributed by atoms with E-state index in [4.69, 9.17) is 10.5 Å². The molecular formula is C10H10INOS. The average Bonchev–Trinajstić information content (AvgIpc) is 2.44. The van der Waals surface area contributed by atoms with E-state index in [1.165, 1.54) is 13.7 Å². The zero-order valence-corrected chi connectivity index (χ0v) is 10.7. The molecule has 0 atom stereocenters. The Kier molecular flexibility index (Phi) is 2.83. The summed E-state index contributed by atoms with van der Waals surface area (Å²) < 4.78 is 7.91. The molecule has 0 aliphatic carbocycles. The van der Waals surface area contributed by atoms with Gasteiger partial charge >= 0.3 is 0 Å². The lowest BCUT2D eigenvalue weighted by atomic mass is 10.2. The Morgan fingerprint density at radius 1 is 1.50 bits per heavy atom. The first-order valence-corrected chi connectivity index (χ1v) is 6.22. The predicted octanol–water partition coefficient (Wildman–Crippen LogP) is 3.49. The van der Waals surface area contributed by atoms with Crippen LogP contribution in [0.15, 0.2) is 18.2 Å². The number of halogens is 1. The van der Waals surface area contributed by atoms with Crippen molar-refractivity contribution < 1.29 is 4.74 Å². The molecule has 0 spiro atoms. The van der Waals surface area contributed by atoms with E-state index in [-0.39, 0.29) is 0 Å². The van der Waals surface area contributed by atoms with Gasteiger partial charge in [-0.3, -0.25) is 0 Å². The summed E-state index contributed by atoms with van der Waals surface area (Å²) in [4.78, 5) is 0. The summed E-state index contributed by atoms with van der Waals surface area (Å²) in [7, 11) is 0. The molecule has 2 rings (SSSR count). The van der Waals surface area contributed by atoms with Crippen molar-refractivity contribution in [2.45, 2.75) is 6.92 Å². The van der Waals surface area contributed by atoms with E-state index in [0.717, 1.165) is 10.8 Å².